The molecule has 1 heterocycles. The normalized spacial score (nSPS) is 27.8. The highest BCUT2D eigenvalue weighted by Crippen LogP contribution is 2.34. The molecule has 2 aliphatic rings. The summed E-state index contributed by atoms with van der Waals surface area (Å²) < 4.78 is 5.83. The summed E-state index contributed by atoms with van der Waals surface area (Å²) in [6.45, 7) is 6.33. The number of rotatable bonds is 6. The molecule has 0 aromatic heterocycles. The number of ether oxygens (including phenoxy) is 1. The Balaban J connectivity index is 2.00. The molecule has 1 aliphatic carbocycles. The molecule has 1 aliphatic heterocycles. The Kier molecular flexibility index (Phi) is 5.46. The van der Waals surface area contributed by atoms with Crippen molar-refractivity contribution in [1.82, 2.24) is 4.90 Å². The Morgan fingerprint density at radius 3 is 2.56 bits per heavy atom. The van der Waals surface area contributed by atoms with E-state index in [0.717, 1.165) is 19.7 Å². The van der Waals surface area contributed by atoms with Crippen LogP contribution in [0, 0.1) is 0 Å². The van der Waals surface area contributed by atoms with Crippen molar-refractivity contribution in [1.29, 1.82) is 0 Å². The molecule has 3 heteroatoms. The van der Waals surface area contributed by atoms with Crippen LogP contribution in [0.3, 0.4) is 0 Å². The third kappa shape index (κ3) is 3.25. The first-order chi connectivity index (χ1) is 8.80. The SMILES string of the molecule is CCCN(CC1CCCO1)C1(CN)CCCCC1. The van der Waals surface area contributed by atoms with Crippen molar-refractivity contribution in [2.75, 3.05) is 26.2 Å². The van der Waals surface area contributed by atoms with Gasteiger partial charge in [0.25, 0.3) is 0 Å². The van der Waals surface area contributed by atoms with Gasteiger partial charge < -0.3 is 10.5 Å². The van der Waals surface area contributed by atoms with Crippen LogP contribution in [0.5, 0.6) is 0 Å². The van der Waals surface area contributed by atoms with E-state index in [1.54, 1.807) is 0 Å². The van der Waals surface area contributed by atoms with Crippen LogP contribution in [0.25, 0.3) is 0 Å². The summed E-state index contributed by atoms with van der Waals surface area (Å²) >= 11 is 0. The summed E-state index contributed by atoms with van der Waals surface area (Å²) in [5, 5.41) is 0. The van der Waals surface area contributed by atoms with Crippen molar-refractivity contribution in [3.05, 3.63) is 0 Å². The predicted octanol–water partition coefficient (Wildman–Crippen LogP) is 2.54. The topological polar surface area (TPSA) is 38.5 Å². The van der Waals surface area contributed by atoms with Gasteiger partial charge in [-0.1, -0.05) is 26.2 Å². The van der Waals surface area contributed by atoms with Crippen molar-refractivity contribution in [3.63, 3.8) is 0 Å². The molecule has 1 unspecified atom stereocenters. The molecule has 2 rings (SSSR count). The number of nitrogens with two attached hydrogens (primary N) is 1. The van der Waals surface area contributed by atoms with Crippen molar-refractivity contribution >= 4 is 0 Å². The van der Waals surface area contributed by atoms with E-state index < -0.39 is 0 Å². The highest BCUT2D eigenvalue weighted by Gasteiger charge is 2.37. The molecule has 2 fully saturated rings. The average Bonchev–Trinajstić information content (AvgIpc) is 2.92. The van der Waals surface area contributed by atoms with Crippen LogP contribution in [0.1, 0.15) is 58.3 Å². The molecule has 1 saturated heterocycles. The zero-order valence-electron chi connectivity index (χ0n) is 12.0. The molecule has 106 valence electrons. The standard InChI is InChI=1S/C15H30N2O/c1-2-10-17(12-14-7-6-11-18-14)15(13-16)8-4-3-5-9-15/h14H,2-13,16H2,1H3. The maximum absolute atomic E-state index is 6.16. The lowest BCUT2D eigenvalue weighted by Gasteiger charge is -2.47. The lowest BCUT2D eigenvalue weighted by molar-refractivity contribution is 0.00362. The van der Waals surface area contributed by atoms with E-state index in [0.29, 0.717) is 6.10 Å². The highest BCUT2D eigenvalue weighted by molar-refractivity contribution is 4.95. The lowest BCUT2D eigenvalue weighted by atomic mass is 9.80. The van der Waals surface area contributed by atoms with Crippen molar-refractivity contribution in [2.24, 2.45) is 5.73 Å². The van der Waals surface area contributed by atoms with Gasteiger partial charge >= 0.3 is 0 Å². The first kappa shape index (κ1) is 14.3. The van der Waals surface area contributed by atoms with Crippen LogP contribution in [-0.4, -0.2) is 42.8 Å². The summed E-state index contributed by atoms with van der Waals surface area (Å²) in [6.07, 6.45) is 10.8. The van der Waals surface area contributed by atoms with Gasteiger partial charge in [-0.2, -0.15) is 0 Å². The maximum Gasteiger partial charge on any atom is 0.0703 e. The Hall–Kier alpha value is -0.120. The van der Waals surface area contributed by atoms with E-state index in [1.165, 1.54) is 57.9 Å². The van der Waals surface area contributed by atoms with E-state index in [4.69, 9.17) is 10.5 Å². The Labute approximate surface area is 112 Å². The van der Waals surface area contributed by atoms with Crippen LogP contribution < -0.4 is 5.73 Å². The smallest absolute Gasteiger partial charge is 0.0703 e. The summed E-state index contributed by atoms with van der Waals surface area (Å²) in [4.78, 5) is 2.67. The second-order valence-electron chi connectivity index (χ2n) is 6.07. The minimum atomic E-state index is 0.278. The zero-order valence-corrected chi connectivity index (χ0v) is 12.0. The molecular formula is C15H30N2O. The summed E-state index contributed by atoms with van der Waals surface area (Å²) in [7, 11) is 0. The minimum absolute atomic E-state index is 0.278. The first-order valence-electron chi connectivity index (χ1n) is 7.87. The van der Waals surface area contributed by atoms with Gasteiger partial charge in [-0.05, 0) is 38.6 Å². The van der Waals surface area contributed by atoms with Crippen LogP contribution in [0.4, 0.5) is 0 Å². The maximum atomic E-state index is 6.16. The van der Waals surface area contributed by atoms with E-state index >= 15 is 0 Å². The minimum Gasteiger partial charge on any atom is -0.377 e. The van der Waals surface area contributed by atoms with Crippen LogP contribution in [-0.2, 0) is 4.74 Å². The average molecular weight is 254 g/mol. The third-order valence-corrected chi connectivity index (χ3v) is 4.78. The predicted molar refractivity (Wildman–Crippen MR) is 75.7 cm³/mol. The van der Waals surface area contributed by atoms with Crippen molar-refractivity contribution in [3.8, 4) is 0 Å². The quantitative estimate of drug-likeness (QED) is 0.791. The van der Waals surface area contributed by atoms with Crippen LogP contribution in [0.2, 0.25) is 0 Å². The van der Waals surface area contributed by atoms with Gasteiger partial charge in [-0.3, -0.25) is 4.90 Å². The molecule has 0 radical (unpaired) electrons. The Morgan fingerprint density at radius 1 is 1.22 bits per heavy atom. The van der Waals surface area contributed by atoms with Crippen LogP contribution in [0.15, 0.2) is 0 Å². The van der Waals surface area contributed by atoms with Gasteiger partial charge in [0.1, 0.15) is 0 Å². The van der Waals surface area contributed by atoms with Crippen molar-refractivity contribution < 1.29 is 4.74 Å². The fraction of sp³-hybridized carbons (Fsp3) is 1.00. The largest absolute Gasteiger partial charge is 0.377 e. The Morgan fingerprint density at radius 2 is 2.00 bits per heavy atom. The van der Waals surface area contributed by atoms with Gasteiger partial charge in [0.05, 0.1) is 6.10 Å². The molecular weight excluding hydrogens is 224 g/mol. The van der Waals surface area contributed by atoms with Gasteiger partial charge in [0.15, 0.2) is 0 Å². The molecule has 18 heavy (non-hydrogen) atoms. The van der Waals surface area contributed by atoms with Gasteiger partial charge in [-0.25, -0.2) is 0 Å². The third-order valence-electron chi connectivity index (χ3n) is 4.78. The fourth-order valence-electron chi connectivity index (χ4n) is 3.69. The first-order valence-corrected chi connectivity index (χ1v) is 7.87. The molecule has 0 bridgehead atoms. The van der Waals surface area contributed by atoms with Crippen molar-refractivity contribution in [2.45, 2.75) is 69.9 Å². The van der Waals surface area contributed by atoms with Crippen LogP contribution >= 0.6 is 0 Å². The molecule has 1 saturated carbocycles. The summed E-state index contributed by atoms with van der Waals surface area (Å²) in [6, 6.07) is 0. The van der Waals surface area contributed by atoms with E-state index in [1.807, 2.05) is 0 Å². The monoisotopic (exact) mass is 254 g/mol. The number of hydrogen-bond donors (Lipinski definition) is 1. The van der Waals surface area contributed by atoms with Gasteiger partial charge in [0, 0.05) is 25.2 Å². The second-order valence-corrected chi connectivity index (χ2v) is 6.07. The number of hydrogen-bond acceptors (Lipinski definition) is 3. The van der Waals surface area contributed by atoms with E-state index in [-0.39, 0.29) is 5.54 Å². The molecule has 0 aromatic carbocycles. The molecule has 3 nitrogen and oxygen atoms in total. The van der Waals surface area contributed by atoms with E-state index in [9.17, 15) is 0 Å². The summed E-state index contributed by atoms with van der Waals surface area (Å²) in [5.74, 6) is 0. The molecule has 2 N–H and O–H groups in total. The highest BCUT2D eigenvalue weighted by atomic mass is 16.5. The Bertz CT molecular complexity index is 233. The fourth-order valence-corrected chi connectivity index (χ4v) is 3.69. The van der Waals surface area contributed by atoms with Gasteiger partial charge in [-0.15, -0.1) is 0 Å². The summed E-state index contributed by atoms with van der Waals surface area (Å²) in [5.41, 5.74) is 6.44. The van der Waals surface area contributed by atoms with E-state index in [2.05, 4.69) is 11.8 Å². The van der Waals surface area contributed by atoms with Gasteiger partial charge in [0.2, 0.25) is 0 Å². The zero-order chi connectivity index (χ0) is 12.8. The second kappa shape index (κ2) is 6.88. The molecule has 0 amide bonds. The molecule has 0 aromatic rings. The lowest BCUT2D eigenvalue weighted by Crippen LogP contribution is -2.57. The molecule has 1 atom stereocenters. The molecule has 0 spiro atoms. The number of nitrogens with zero attached hydrogens (tertiary/aromatic N) is 1.